The van der Waals surface area contributed by atoms with E-state index in [0.717, 1.165) is 5.01 Å². The number of nitrogens with one attached hydrogen (secondary N) is 2. The Kier molecular flexibility index (Phi) is 10.9. The molecule has 2 aromatic rings. The molecule has 0 unspecified atom stereocenters. The van der Waals surface area contributed by atoms with Crippen molar-refractivity contribution in [1.82, 2.24) is 20.6 Å². The highest BCUT2D eigenvalue weighted by Gasteiger charge is 2.10. The molecule has 0 fully saturated rings. The molecule has 0 spiro atoms. The van der Waals surface area contributed by atoms with Crippen LogP contribution in [0.1, 0.15) is 25.9 Å². The summed E-state index contributed by atoms with van der Waals surface area (Å²) in [5.74, 6) is -0.476. The zero-order chi connectivity index (χ0) is 15.8. The van der Waals surface area contributed by atoms with Gasteiger partial charge < -0.3 is 16.4 Å². The summed E-state index contributed by atoms with van der Waals surface area (Å²) in [6.07, 6.45) is 3.76. The summed E-state index contributed by atoms with van der Waals surface area (Å²) >= 11 is 1.42. The minimum atomic E-state index is -0.254. The summed E-state index contributed by atoms with van der Waals surface area (Å²) in [6, 6.07) is 3.37. The van der Waals surface area contributed by atoms with Crippen molar-refractivity contribution < 1.29 is 9.59 Å². The van der Waals surface area contributed by atoms with E-state index in [1.807, 2.05) is 0 Å². The summed E-state index contributed by atoms with van der Waals surface area (Å²) in [6.45, 7) is 1.17. The fraction of sp³-hybridized carbons (Fsp3) is 0.286. The Balaban J connectivity index is 0.00000264. The second-order valence-electron chi connectivity index (χ2n) is 4.42. The highest BCUT2D eigenvalue weighted by atomic mass is 35.5. The van der Waals surface area contributed by atoms with Gasteiger partial charge in [0.15, 0.2) is 0 Å². The number of hydrogen-bond acceptors (Lipinski definition) is 6. The third-order valence-corrected chi connectivity index (χ3v) is 3.67. The lowest BCUT2D eigenvalue weighted by Gasteiger charge is -2.05. The van der Waals surface area contributed by atoms with Gasteiger partial charge in [-0.05, 0) is 18.7 Å². The van der Waals surface area contributed by atoms with Gasteiger partial charge in [0, 0.05) is 37.3 Å². The monoisotopic (exact) mass is 391 g/mol. The number of carbonyl (C=O) groups is 2. The van der Waals surface area contributed by atoms with E-state index in [-0.39, 0.29) is 36.6 Å². The molecule has 2 rings (SSSR count). The molecule has 24 heavy (non-hydrogen) atoms. The zero-order valence-electron chi connectivity index (χ0n) is 12.7. The molecule has 7 nitrogen and oxygen atoms in total. The number of hydrogen-bond donors (Lipinski definition) is 3. The quantitative estimate of drug-likeness (QED) is 0.610. The number of pyridine rings is 1. The number of rotatable bonds is 7. The van der Waals surface area contributed by atoms with E-state index >= 15 is 0 Å². The lowest BCUT2D eigenvalue weighted by atomic mass is 10.3. The summed E-state index contributed by atoms with van der Waals surface area (Å²) in [7, 11) is 0. The van der Waals surface area contributed by atoms with Gasteiger partial charge in [-0.2, -0.15) is 0 Å². The van der Waals surface area contributed by atoms with Gasteiger partial charge in [0.05, 0.1) is 10.6 Å². The van der Waals surface area contributed by atoms with Crippen LogP contribution in [-0.4, -0.2) is 41.4 Å². The van der Waals surface area contributed by atoms with E-state index in [1.165, 1.54) is 17.5 Å². The van der Waals surface area contributed by atoms with Crippen LogP contribution in [0.15, 0.2) is 29.9 Å². The second kappa shape index (κ2) is 11.7. The van der Waals surface area contributed by atoms with Gasteiger partial charge in [-0.1, -0.05) is 0 Å². The summed E-state index contributed by atoms with van der Waals surface area (Å²) < 4.78 is 0. The van der Waals surface area contributed by atoms with Crippen LogP contribution in [0, 0.1) is 0 Å². The fourth-order valence-electron chi connectivity index (χ4n) is 1.70. The molecular formula is C14H19Cl2N5O2S. The number of carbonyl (C=O) groups excluding carboxylic acids is 2. The molecule has 10 heteroatoms. The van der Waals surface area contributed by atoms with Crippen LogP contribution in [0.4, 0.5) is 0 Å². The van der Waals surface area contributed by atoms with Crippen molar-refractivity contribution in [3.8, 4) is 0 Å². The average molecular weight is 392 g/mol. The van der Waals surface area contributed by atoms with Crippen LogP contribution < -0.4 is 16.4 Å². The molecule has 132 valence electrons. The topological polar surface area (TPSA) is 110 Å². The number of amides is 2. The number of aromatic nitrogens is 2. The summed E-state index contributed by atoms with van der Waals surface area (Å²) in [5, 5.41) is 7.96. The predicted molar refractivity (Wildman–Crippen MR) is 98.3 cm³/mol. The third-order valence-electron chi connectivity index (χ3n) is 2.76. The molecule has 0 aliphatic heterocycles. The lowest BCUT2D eigenvalue weighted by molar-refractivity contribution is 0.0925. The minimum absolute atomic E-state index is 0. The van der Waals surface area contributed by atoms with Gasteiger partial charge in [0.1, 0.15) is 5.69 Å². The van der Waals surface area contributed by atoms with Crippen LogP contribution in [0.5, 0.6) is 0 Å². The van der Waals surface area contributed by atoms with Crippen LogP contribution in [0.25, 0.3) is 0 Å². The van der Waals surface area contributed by atoms with E-state index < -0.39 is 0 Å². The number of nitrogens with two attached hydrogens (primary N) is 1. The van der Waals surface area contributed by atoms with E-state index in [4.69, 9.17) is 5.73 Å². The molecule has 0 aliphatic carbocycles. The molecule has 0 aromatic carbocycles. The Bertz CT molecular complexity index is 639. The first-order valence-corrected chi connectivity index (χ1v) is 7.69. The first-order valence-electron chi connectivity index (χ1n) is 6.81. The fourth-order valence-corrected chi connectivity index (χ4v) is 2.49. The van der Waals surface area contributed by atoms with Crippen molar-refractivity contribution in [3.05, 3.63) is 46.2 Å². The highest BCUT2D eigenvalue weighted by Crippen LogP contribution is 2.09. The first-order chi connectivity index (χ1) is 10.7. The number of nitrogens with zero attached hydrogens (tertiary/aromatic N) is 2. The standard InChI is InChI=1S/C14H17N5O2S.2ClH/c15-4-3-12-19-11(9-22-12)14(21)18-7-6-17-13(20)10-2-1-5-16-8-10;;/h1-2,5,8-9H,3-4,6-7,15H2,(H,17,20)(H,18,21);2*1H. The average Bonchev–Trinajstić information content (AvgIpc) is 3.01. The Morgan fingerprint density at radius 1 is 1.17 bits per heavy atom. The van der Waals surface area contributed by atoms with Crippen LogP contribution in [-0.2, 0) is 6.42 Å². The van der Waals surface area contributed by atoms with Gasteiger partial charge in [0.2, 0.25) is 0 Å². The predicted octanol–water partition coefficient (Wildman–Crippen LogP) is 1.04. The van der Waals surface area contributed by atoms with Gasteiger partial charge in [0.25, 0.3) is 11.8 Å². The smallest absolute Gasteiger partial charge is 0.270 e. The number of thiazole rings is 1. The Labute approximate surface area is 156 Å². The maximum atomic E-state index is 11.9. The van der Waals surface area contributed by atoms with Crippen molar-refractivity contribution in [1.29, 1.82) is 0 Å². The Morgan fingerprint density at radius 2 is 1.88 bits per heavy atom. The molecule has 0 saturated carbocycles. The van der Waals surface area contributed by atoms with E-state index in [0.29, 0.717) is 37.3 Å². The zero-order valence-corrected chi connectivity index (χ0v) is 15.2. The molecule has 0 radical (unpaired) electrons. The van der Waals surface area contributed by atoms with Crippen molar-refractivity contribution in [3.63, 3.8) is 0 Å². The van der Waals surface area contributed by atoms with Crippen LogP contribution in [0.2, 0.25) is 0 Å². The number of halogens is 2. The molecule has 0 aliphatic rings. The van der Waals surface area contributed by atoms with E-state index in [1.54, 1.807) is 23.7 Å². The largest absolute Gasteiger partial charge is 0.350 e. The van der Waals surface area contributed by atoms with E-state index in [9.17, 15) is 9.59 Å². The molecule has 2 aromatic heterocycles. The normalized spacial score (nSPS) is 9.38. The summed E-state index contributed by atoms with van der Waals surface area (Å²) in [4.78, 5) is 31.7. The Hall–Kier alpha value is -1.74. The van der Waals surface area contributed by atoms with Crippen LogP contribution in [0.3, 0.4) is 0 Å². The molecular weight excluding hydrogens is 373 g/mol. The molecule has 4 N–H and O–H groups in total. The third kappa shape index (κ3) is 6.79. The molecule has 0 atom stereocenters. The molecule has 0 bridgehead atoms. The van der Waals surface area contributed by atoms with E-state index in [2.05, 4.69) is 20.6 Å². The first kappa shape index (κ1) is 22.3. The van der Waals surface area contributed by atoms with Gasteiger partial charge in [-0.3, -0.25) is 14.6 Å². The molecule has 0 saturated heterocycles. The SMILES string of the molecule is Cl.Cl.NCCc1nc(C(=O)NCCNC(=O)c2cccnc2)cs1. The van der Waals surface area contributed by atoms with Crippen molar-refractivity contribution in [2.24, 2.45) is 5.73 Å². The van der Waals surface area contributed by atoms with Crippen molar-refractivity contribution in [2.45, 2.75) is 6.42 Å². The highest BCUT2D eigenvalue weighted by molar-refractivity contribution is 7.09. The lowest BCUT2D eigenvalue weighted by Crippen LogP contribution is -2.34. The molecule has 2 heterocycles. The minimum Gasteiger partial charge on any atom is -0.350 e. The molecule has 2 amide bonds. The van der Waals surface area contributed by atoms with Crippen molar-refractivity contribution in [2.75, 3.05) is 19.6 Å². The van der Waals surface area contributed by atoms with Gasteiger partial charge >= 0.3 is 0 Å². The Morgan fingerprint density at radius 3 is 2.50 bits per heavy atom. The second-order valence-corrected chi connectivity index (χ2v) is 5.36. The van der Waals surface area contributed by atoms with Crippen LogP contribution >= 0.6 is 36.2 Å². The maximum Gasteiger partial charge on any atom is 0.270 e. The van der Waals surface area contributed by atoms with Crippen molar-refractivity contribution >= 4 is 48.0 Å². The maximum absolute atomic E-state index is 11.9. The van der Waals surface area contributed by atoms with Gasteiger partial charge in [-0.15, -0.1) is 36.2 Å². The summed E-state index contributed by atoms with van der Waals surface area (Å²) in [5.41, 5.74) is 6.31. The van der Waals surface area contributed by atoms with Gasteiger partial charge in [-0.25, -0.2) is 4.98 Å².